The Morgan fingerprint density at radius 2 is 0.738 bits per heavy atom. The van der Waals surface area contributed by atoms with Crippen LogP contribution in [0.25, 0.3) is 121 Å². The first kappa shape index (κ1) is 38.4. The van der Waals surface area contributed by atoms with E-state index >= 15 is 0 Å². The van der Waals surface area contributed by atoms with Gasteiger partial charge in [0.1, 0.15) is 5.01 Å². The van der Waals surface area contributed by atoms with Gasteiger partial charge in [0.15, 0.2) is 5.82 Å². The second-order valence-electron chi connectivity index (χ2n) is 16.3. The summed E-state index contributed by atoms with van der Waals surface area (Å²) in [5.41, 5.74) is 16.3. The van der Waals surface area contributed by atoms with Crippen molar-refractivity contribution in [2.75, 3.05) is 0 Å². The Morgan fingerprint density at radius 1 is 0.292 bits per heavy atom. The molecule has 0 N–H and O–H groups in total. The molecule has 0 aliphatic carbocycles. The molecule has 3 nitrogen and oxygen atoms in total. The van der Waals surface area contributed by atoms with Crippen LogP contribution in [0.3, 0.4) is 0 Å². The highest BCUT2D eigenvalue weighted by atomic mass is 32.1. The molecule has 0 saturated heterocycles. The number of aromatic nitrogens is 3. The lowest BCUT2D eigenvalue weighted by molar-refractivity contribution is 1.18. The molecule has 0 unspecified atom stereocenters. The van der Waals surface area contributed by atoms with Crippen molar-refractivity contribution in [2.24, 2.45) is 0 Å². The van der Waals surface area contributed by atoms with Gasteiger partial charge in [-0.25, -0.2) is 15.0 Å². The Kier molecular flexibility index (Phi) is 9.70. The molecule has 0 amide bonds. The molecular weight excluding hydrogens is 807 g/mol. The molecule has 0 aliphatic heterocycles. The minimum atomic E-state index is 0.698. The van der Waals surface area contributed by atoms with Gasteiger partial charge in [-0.1, -0.05) is 218 Å². The van der Waals surface area contributed by atoms with Gasteiger partial charge in [0.25, 0.3) is 0 Å². The summed E-state index contributed by atoms with van der Waals surface area (Å²) in [6.07, 6.45) is 0. The summed E-state index contributed by atoms with van der Waals surface area (Å²) >= 11 is 1.73. The molecule has 0 fully saturated rings. The summed E-state index contributed by atoms with van der Waals surface area (Å²) in [6, 6.07) is 84.5. The van der Waals surface area contributed by atoms with Crippen molar-refractivity contribution in [3.05, 3.63) is 237 Å². The quantitative estimate of drug-likeness (QED) is 0.153. The molecule has 4 heteroatoms. The summed E-state index contributed by atoms with van der Waals surface area (Å²) in [5, 5.41) is 5.86. The van der Waals surface area contributed by atoms with E-state index in [1.807, 2.05) is 24.3 Å². The standard InChI is InChI=1S/C61H39N3S/c1-3-17-42(18-4-1)55-39-56(63-60(62-55)46-19-5-2-6-20-46)43-29-31-44(32-30-43)58-52(50-25-13-21-40-15-7-9-23-48(40)50)37-38-53(51-26-14-22-41-16-8-10-24-49(41)51)59(58)45-33-35-47(36-34-45)61-64-54-27-11-12-28-57(54)65-61/h1-39H. The van der Waals surface area contributed by atoms with Crippen molar-refractivity contribution in [3.63, 3.8) is 0 Å². The van der Waals surface area contributed by atoms with Gasteiger partial charge in [0.2, 0.25) is 0 Å². The number of nitrogens with zero attached hydrogens (tertiary/aromatic N) is 3. The highest BCUT2D eigenvalue weighted by Gasteiger charge is 2.22. The molecule has 0 aliphatic rings. The maximum Gasteiger partial charge on any atom is 0.160 e. The average Bonchev–Trinajstić information content (AvgIpc) is 3.83. The van der Waals surface area contributed by atoms with Crippen molar-refractivity contribution < 1.29 is 0 Å². The fraction of sp³-hybridized carbons (Fsp3) is 0. The van der Waals surface area contributed by atoms with Crippen LogP contribution >= 0.6 is 11.3 Å². The average molecular weight is 846 g/mol. The van der Waals surface area contributed by atoms with Crippen LogP contribution in [0.15, 0.2) is 237 Å². The van der Waals surface area contributed by atoms with E-state index in [9.17, 15) is 0 Å². The van der Waals surface area contributed by atoms with E-state index in [1.165, 1.54) is 59.6 Å². The van der Waals surface area contributed by atoms with Crippen molar-refractivity contribution in [1.29, 1.82) is 0 Å². The van der Waals surface area contributed by atoms with Gasteiger partial charge in [-0.15, -0.1) is 11.3 Å². The molecule has 2 aromatic heterocycles. The van der Waals surface area contributed by atoms with Crippen LogP contribution in [0.2, 0.25) is 0 Å². The Labute approximate surface area is 381 Å². The smallest absolute Gasteiger partial charge is 0.160 e. The Hall–Kier alpha value is -8.31. The van der Waals surface area contributed by atoms with Crippen molar-refractivity contribution >= 4 is 43.1 Å². The SMILES string of the molecule is c1ccc(-c2cc(-c3ccc(-c4c(-c5cccc6ccccc56)ccc(-c5cccc6ccccc56)c4-c4ccc(-c5nc6ccccc6s5)cc4)cc3)nc(-c3ccccc3)n2)cc1. The van der Waals surface area contributed by atoms with Crippen molar-refractivity contribution in [2.45, 2.75) is 0 Å². The minimum Gasteiger partial charge on any atom is -0.236 e. The van der Waals surface area contributed by atoms with Crippen LogP contribution in [0.1, 0.15) is 0 Å². The third-order valence-electron chi connectivity index (χ3n) is 12.4. The summed E-state index contributed by atoms with van der Waals surface area (Å²) in [6.45, 7) is 0. The third-order valence-corrected chi connectivity index (χ3v) is 13.5. The number of rotatable bonds is 8. The van der Waals surface area contributed by atoms with E-state index in [1.54, 1.807) is 11.3 Å². The van der Waals surface area contributed by atoms with Crippen LogP contribution in [-0.4, -0.2) is 15.0 Å². The highest BCUT2D eigenvalue weighted by Crippen LogP contribution is 2.49. The van der Waals surface area contributed by atoms with E-state index in [-0.39, 0.29) is 0 Å². The van der Waals surface area contributed by atoms with Gasteiger partial charge in [-0.05, 0) is 84.3 Å². The largest absolute Gasteiger partial charge is 0.236 e. The first-order valence-corrected chi connectivity index (χ1v) is 22.7. The topological polar surface area (TPSA) is 38.7 Å². The second-order valence-corrected chi connectivity index (χ2v) is 17.3. The van der Waals surface area contributed by atoms with Crippen LogP contribution in [0.5, 0.6) is 0 Å². The monoisotopic (exact) mass is 845 g/mol. The Bertz CT molecular complexity index is 3590. The Morgan fingerprint density at radius 3 is 1.31 bits per heavy atom. The van der Waals surface area contributed by atoms with Crippen molar-refractivity contribution in [3.8, 4) is 89.0 Å². The molecule has 65 heavy (non-hydrogen) atoms. The fourth-order valence-corrected chi connectivity index (χ4v) is 10.2. The third kappa shape index (κ3) is 7.16. The zero-order valence-corrected chi connectivity index (χ0v) is 36.1. The minimum absolute atomic E-state index is 0.698. The number of fused-ring (bicyclic) bond motifs is 3. The summed E-state index contributed by atoms with van der Waals surface area (Å²) in [7, 11) is 0. The molecule has 12 rings (SSSR count). The number of para-hydroxylation sites is 1. The lowest BCUT2D eigenvalue weighted by atomic mass is 9.81. The summed E-state index contributed by atoms with van der Waals surface area (Å²) < 4.78 is 1.19. The highest BCUT2D eigenvalue weighted by molar-refractivity contribution is 7.21. The second kappa shape index (κ2) is 16.4. The number of hydrogen-bond donors (Lipinski definition) is 0. The van der Waals surface area contributed by atoms with E-state index < -0.39 is 0 Å². The molecule has 10 aromatic carbocycles. The van der Waals surface area contributed by atoms with Gasteiger partial charge < -0.3 is 0 Å². The molecular formula is C61H39N3S. The lowest BCUT2D eigenvalue weighted by Crippen LogP contribution is -1.97. The molecule has 0 radical (unpaired) electrons. The van der Waals surface area contributed by atoms with Crippen molar-refractivity contribution in [1.82, 2.24) is 15.0 Å². The van der Waals surface area contributed by atoms with E-state index in [0.717, 1.165) is 55.3 Å². The first-order chi connectivity index (χ1) is 32.2. The maximum absolute atomic E-state index is 5.18. The number of thiazole rings is 1. The zero-order valence-electron chi connectivity index (χ0n) is 35.3. The molecule has 12 aromatic rings. The van der Waals surface area contributed by atoms with Gasteiger partial charge in [0, 0.05) is 22.3 Å². The molecule has 0 saturated carbocycles. The molecule has 0 atom stereocenters. The van der Waals surface area contributed by atoms with Gasteiger partial charge in [-0.2, -0.15) is 0 Å². The number of hydrogen-bond acceptors (Lipinski definition) is 4. The normalized spacial score (nSPS) is 11.4. The van der Waals surface area contributed by atoms with E-state index in [0.29, 0.717) is 5.82 Å². The lowest BCUT2D eigenvalue weighted by Gasteiger charge is -2.22. The van der Waals surface area contributed by atoms with Crippen LogP contribution < -0.4 is 0 Å². The van der Waals surface area contributed by atoms with Gasteiger partial charge in [-0.3, -0.25) is 0 Å². The Balaban J connectivity index is 1.09. The number of benzene rings is 10. The van der Waals surface area contributed by atoms with Gasteiger partial charge in [0.05, 0.1) is 21.6 Å². The van der Waals surface area contributed by atoms with Crippen LogP contribution in [0.4, 0.5) is 0 Å². The first-order valence-electron chi connectivity index (χ1n) is 21.9. The summed E-state index contributed by atoms with van der Waals surface area (Å²) in [4.78, 5) is 15.3. The fourth-order valence-electron chi connectivity index (χ4n) is 9.22. The van der Waals surface area contributed by atoms with Crippen LogP contribution in [0, 0.1) is 0 Å². The molecule has 2 heterocycles. The van der Waals surface area contributed by atoms with E-state index in [2.05, 4.69) is 212 Å². The predicted molar refractivity (Wildman–Crippen MR) is 274 cm³/mol. The van der Waals surface area contributed by atoms with Crippen LogP contribution in [-0.2, 0) is 0 Å². The molecule has 0 bridgehead atoms. The maximum atomic E-state index is 5.18. The molecule has 0 spiro atoms. The van der Waals surface area contributed by atoms with Gasteiger partial charge >= 0.3 is 0 Å². The van der Waals surface area contributed by atoms with E-state index in [4.69, 9.17) is 15.0 Å². The predicted octanol–water partition coefficient (Wildman–Crippen LogP) is 16.7. The molecule has 304 valence electrons. The zero-order chi connectivity index (χ0) is 43.1. The summed E-state index contributed by atoms with van der Waals surface area (Å²) in [5.74, 6) is 0.698.